The smallest absolute Gasteiger partial charge is 0.101 e. The van der Waals surface area contributed by atoms with Crippen molar-refractivity contribution in [1.82, 2.24) is 0 Å². The van der Waals surface area contributed by atoms with Crippen LogP contribution in [-0.2, 0) is 0 Å². The van der Waals surface area contributed by atoms with E-state index in [1.807, 2.05) is 25.1 Å². The Morgan fingerprint density at radius 3 is 2.53 bits per heavy atom. The third kappa shape index (κ3) is 3.49. The van der Waals surface area contributed by atoms with Crippen molar-refractivity contribution in [2.45, 2.75) is 34.6 Å². The summed E-state index contributed by atoms with van der Waals surface area (Å²) in [5.74, 6) is 0.602. The van der Waals surface area contributed by atoms with E-state index in [0.29, 0.717) is 5.92 Å². The van der Waals surface area contributed by atoms with E-state index in [9.17, 15) is 0 Å². The Kier molecular flexibility index (Phi) is 4.17. The van der Waals surface area contributed by atoms with Crippen LogP contribution in [0.5, 0.6) is 0 Å². The molecular formula is C15H22N2. The standard InChI is InChI=1S/C15H22N2/c1-11(2)15(4,5)10-17-14-8-12(3)6-7-13(14)9-16/h6-8,11,17H,10H2,1-5H3. The van der Waals surface area contributed by atoms with Gasteiger partial charge in [0.1, 0.15) is 6.07 Å². The number of benzene rings is 1. The van der Waals surface area contributed by atoms with Gasteiger partial charge in [-0.1, -0.05) is 33.8 Å². The first-order chi connectivity index (χ1) is 7.86. The number of rotatable bonds is 4. The maximum Gasteiger partial charge on any atom is 0.101 e. The lowest BCUT2D eigenvalue weighted by Gasteiger charge is -2.30. The van der Waals surface area contributed by atoms with Crippen LogP contribution in [-0.4, -0.2) is 6.54 Å². The minimum Gasteiger partial charge on any atom is -0.383 e. The van der Waals surface area contributed by atoms with Crippen LogP contribution in [0.15, 0.2) is 18.2 Å². The van der Waals surface area contributed by atoms with Crippen LogP contribution in [0.25, 0.3) is 0 Å². The number of hydrogen-bond donors (Lipinski definition) is 1. The fourth-order valence-corrected chi connectivity index (χ4v) is 1.43. The second-order valence-corrected chi connectivity index (χ2v) is 5.66. The molecule has 1 rings (SSSR count). The highest BCUT2D eigenvalue weighted by Crippen LogP contribution is 2.27. The number of nitrogens with zero attached hydrogens (tertiary/aromatic N) is 1. The fraction of sp³-hybridized carbons (Fsp3) is 0.533. The second kappa shape index (κ2) is 5.23. The fourth-order valence-electron chi connectivity index (χ4n) is 1.43. The Labute approximate surface area is 105 Å². The number of nitriles is 1. The Hall–Kier alpha value is -1.49. The number of anilines is 1. The van der Waals surface area contributed by atoms with Gasteiger partial charge in [-0.2, -0.15) is 5.26 Å². The van der Waals surface area contributed by atoms with Crippen LogP contribution in [0, 0.1) is 29.6 Å². The minimum absolute atomic E-state index is 0.219. The highest BCUT2D eigenvalue weighted by Gasteiger charge is 2.22. The average molecular weight is 230 g/mol. The summed E-state index contributed by atoms with van der Waals surface area (Å²) in [4.78, 5) is 0. The number of aryl methyl sites for hydroxylation is 1. The Morgan fingerprint density at radius 2 is 2.00 bits per heavy atom. The average Bonchev–Trinajstić information content (AvgIpc) is 2.26. The van der Waals surface area contributed by atoms with E-state index in [0.717, 1.165) is 17.8 Å². The molecule has 0 bridgehead atoms. The molecule has 0 radical (unpaired) electrons. The van der Waals surface area contributed by atoms with Gasteiger partial charge in [-0.05, 0) is 36.0 Å². The van der Waals surface area contributed by atoms with E-state index < -0.39 is 0 Å². The van der Waals surface area contributed by atoms with E-state index in [2.05, 4.69) is 39.1 Å². The molecule has 0 aromatic heterocycles. The van der Waals surface area contributed by atoms with Gasteiger partial charge in [0.25, 0.3) is 0 Å². The molecule has 0 aliphatic carbocycles. The molecule has 0 atom stereocenters. The summed E-state index contributed by atoms with van der Waals surface area (Å²) >= 11 is 0. The van der Waals surface area contributed by atoms with Gasteiger partial charge < -0.3 is 5.32 Å². The van der Waals surface area contributed by atoms with Crippen LogP contribution in [0.1, 0.15) is 38.8 Å². The molecule has 0 spiro atoms. The topological polar surface area (TPSA) is 35.8 Å². The molecular weight excluding hydrogens is 208 g/mol. The molecule has 0 saturated carbocycles. The second-order valence-electron chi connectivity index (χ2n) is 5.66. The van der Waals surface area contributed by atoms with E-state index >= 15 is 0 Å². The van der Waals surface area contributed by atoms with Crippen LogP contribution in [0.3, 0.4) is 0 Å². The molecule has 0 aliphatic heterocycles. The lowest BCUT2D eigenvalue weighted by molar-refractivity contribution is 0.269. The van der Waals surface area contributed by atoms with Crippen molar-refractivity contribution in [1.29, 1.82) is 5.26 Å². The summed E-state index contributed by atoms with van der Waals surface area (Å²) in [6.45, 7) is 11.9. The Morgan fingerprint density at radius 1 is 1.35 bits per heavy atom. The zero-order valence-corrected chi connectivity index (χ0v) is 11.5. The third-order valence-corrected chi connectivity index (χ3v) is 3.59. The molecule has 0 heterocycles. The normalized spacial score (nSPS) is 11.4. The van der Waals surface area contributed by atoms with Crippen molar-refractivity contribution >= 4 is 5.69 Å². The van der Waals surface area contributed by atoms with Gasteiger partial charge in [-0.3, -0.25) is 0 Å². The zero-order valence-electron chi connectivity index (χ0n) is 11.5. The molecule has 0 unspecified atom stereocenters. The number of hydrogen-bond acceptors (Lipinski definition) is 2. The first-order valence-corrected chi connectivity index (χ1v) is 6.11. The first kappa shape index (κ1) is 13.6. The monoisotopic (exact) mass is 230 g/mol. The predicted octanol–water partition coefficient (Wildman–Crippen LogP) is 3.96. The van der Waals surface area contributed by atoms with Crippen molar-refractivity contribution < 1.29 is 0 Å². The molecule has 0 saturated heterocycles. The molecule has 1 aromatic carbocycles. The summed E-state index contributed by atoms with van der Waals surface area (Å²) in [6.07, 6.45) is 0. The van der Waals surface area contributed by atoms with E-state index in [-0.39, 0.29) is 5.41 Å². The van der Waals surface area contributed by atoms with Crippen molar-refractivity contribution in [3.05, 3.63) is 29.3 Å². The van der Waals surface area contributed by atoms with Gasteiger partial charge >= 0.3 is 0 Å². The molecule has 17 heavy (non-hydrogen) atoms. The third-order valence-electron chi connectivity index (χ3n) is 3.59. The molecule has 1 N–H and O–H groups in total. The summed E-state index contributed by atoms with van der Waals surface area (Å²) < 4.78 is 0. The molecule has 0 aliphatic rings. The van der Waals surface area contributed by atoms with E-state index in [1.54, 1.807) is 0 Å². The van der Waals surface area contributed by atoms with Crippen molar-refractivity contribution in [3.63, 3.8) is 0 Å². The van der Waals surface area contributed by atoms with Gasteiger partial charge in [0.05, 0.1) is 11.3 Å². The quantitative estimate of drug-likeness (QED) is 0.849. The van der Waals surface area contributed by atoms with Crippen molar-refractivity contribution in [3.8, 4) is 6.07 Å². The maximum atomic E-state index is 9.06. The summed E-state index contributed by atoms with van der Waals surface area (Å²) in [6, 6.07) is 8.11. The molecule has 2 heteroatoms. The number of nitrogens with one attached hydrogen (secondary N) is 1. The first-order valence-electron chi connectivity index (χ1n) is 6.11. The maximum absolute atomic E-state index is 9.06. The van der Waals surface area contributed by atoms with Gasteiger partial charge in [-0.15, -0.1) is 0 Å². The highest BCUT2D eigenvalue weighted by molar-refractivity contribution is 5.58. The van der Waals surface area contributed by atoms with Gasteiger partial charge in [0, 0.05) is 6.54 Å². The molecule has 0 fully saturated rings. The van der Waals surface area contributed by atoms with Gasteiger partial charge in [-0.25, -0.2) is 0 Å². The molecule has 0 amide bonds. The van der Waals surface area contributed by atoms with Crippen LogP contribution < -0.4 is 5.32 Å². The van der Waals surface area contributed by atoms with Crippen LogP contribution in [0.2, 0.25) is 0 Å². The summed E-state index contributed by atoms with van der Waals surface area (Å²) in [7, 11) is 0. The molecule has 1 aromatic rings. The minimum atomic E-state index is 0.219. The van der Waals surface area contributed by atoms with E-state index in [1.165, 1.54) is 5.56 Å². The van der Waals surface area contributed by atoms with Crippen molar-refractivity contribution in [2.75, 3.05) is 11.9 Å². The lowest BCUT2D eigenvalue weighted by atomic mass is 9.81. The Bertz CT molecular complexity index is 425. The zero-order chi connectivity index (χ0) is 13.1. The predicted molar refractivity (Wildman–Crippen MR) is 73.0 cm³/mol. The van der Waals surface area contributed by atoms with Gasteiger partial charge in [0.15, 0.2) is 0 Å². The molecule has 92 valence electrons. The summed E-state index contributed by atoms with van der Waals surface area (Å²) in [5.41, 5.74) is 3.06. The largest absolute Gasteiger partial charge is 0.383 e. The van der Waals surface area contributed by atoms with Crippen LogP contribution >= 0.6 is 0 Å². The van der Waals surface area contributed by atoms with Crippen molar-refractivity contribution in [2.24, 2.45) is 11.3 Å². The Balaban J connectivity index is 2.83. The molecule has 2 nitrogen and oxygen atoms in total. The summed E-state index contributed by atoms with van der Waals surface area (Å²) in [5, 5.41) is 12.5. The van der Waals surface area contributed by atoms with E-state index in [4.69, 9.17) is 5.26 Å². The van der Waals surface area contributed by atoms with Gasteiger partial charge in [0.2, 0.25) is 0 Å². The highest BCUT2D eigenvalue weighted by atomic mass is 14.9. The lowest BCUT2D eigenvalue weighted by Crippen LogP contribution is -2.28. The SMILES string of the molecule is Cc1ccc(C#N)c(NCC(C)(C)C(C)C)c1. The van der Waals surface area contributed by atoms with Crippen LogP contribution in [0.4, 0.5) is 5.69 Å².